The fraction of sp³-hybridized carbons (Fsp3) is 0.421. The normalized spacial score (nSPS) is 15.6. The van der Waals surface area contributed by atoms with Gasteiger partial charge in [-0.3, -0.25) is 4.90 Å². The molecule has 0 aliphatic carbocycles. The van der Waals surface area contributed by atoms with Gasteiger partial charge in [0.25, 0.3) is 0 Å². The number of para-hydroxylation sites is 2. The molecule has 0 N–H and O–H groups in total. The minimum atomic E-state index is -0.00956. The smallest absolute Gasteiger partial charge is 0.209 e. The van der Waals surface area contributed by atoms with Crippen LogP contribution in [-0.2, 0) is 24.9 Å². The first-order valence-electron chi connectivity index (χ1n) is 8.41. The first-order valence-corrected chi connectivity index (χ1v) is 8.41. The molecule has 2 aromatic heterocycles. The molecular weight excluding hydrogens is 300 g/mol. The minimum Gasteiger partial charge on any atom is -0.439 e. The molecule has 0 amide bonds. The van der Waals surface area contributed by atoms with Crippen molar-refractivity contribution >= 4 is 11.1 Å². The van der Waals surface area contributed by atoms with Gasteiger partial charge in [-0.05, 0) is 12.1 Å². The molecule has 4 rings (SSSR count). The summed E-state index contributed by atoms with van der Waals surface area (Å²) in [5.41, 5.74) is 4.16. The van der Waals surface area contributed by atoms with E-state index in [-0.39, 0.29) is 5.41 Å². The third-order valence-corrected chi connectivity index (χ3v) is 4.38. The van der Waals surface area contributed by atoms with E-state index in [0.717, 1.165) is 48.9 Å². The van der Waals surface area contributed by atoms with Crippen molar-refractivity contribution in [2.45, 2.75) is 45.7 Å². The van der Waals surface area contributed by atoms with Gasteiger partial charge in [0.15, 0.2) is 5.58 Å². The summed E-state index contributed by atoms with van der Waals surface area (Å²) < 4.78 is 5.84. The Morgan fingerprint density at radius 3 is 2.79 bits per heavy atom. The van der Waals surface area contributed by atoms with Crippen LogP contribution in [0.5, 0.6) is 0 Å². The standard InChI is InChI=1S/C19H22N4O/c1-19(2,3)18-20-10-13-11-23(9-8-14(13)22-18)12-17-21-15-6-4-5-7-16(15)24-17/h4-7,10H,8-9,11-12H2,1-3H3. The highest BCUT2D eigenvalue weighted by atomic mass is 16.3. The Balaban J connectivity index is 1.52. The monoisotopic (exact) mass is 322 g/mol. The summed E-state index contributed by atoms with van der Waals surface area (Å²) in [6.45, 7) is 8.98. The van der Waals surface area contributed by atoms with Crippen molar-refractivity contribution in [2.75, 3.05) is 6.54 Å². The zero-order valence-electron chi connectivity index (χ0n) is 14.4. The Labute approximate surface area is 141 Å². The predicted octanol–water partition coefficient (Wildman–Crippen LogP) is 3.47. The van der Waals surface area contributed by atoms with Crippen LogP contribution >= 0.6 is 0 Å². The molecule has 0 unspecified atom stereocenters. The van der Waals surface area contributed by atoms with E-state index in [9.17, 15) is 0 Å². The second-order valence-corrected chi connectivity index (χ2v) is 7.45. The summed E-state index contributed by atoms with van der Waals surface area (Å²) in [4.78, 5) is 16.3. The Morgan fingerprint density at radius 2 is 2.00 bits per heavy atom. The molecule has 124 valence electrons. The second-order valence-electron chi connectivity index (χ2n) is 7.45. The van der Waals surface area contributed by atoms with Gasteiger partial charge < -0.3 is 4.42 Å². The van der Waals surface area contributed by atoms with Gasteiger partial charge >= 0.3 is 0 Å². The fourth-order valence-corrected chi connectivity index (χ4v) is 3.05. The molecule has 3 heterocycles. The molecular formula is C19H22N4O. The highest BCUT2D eigenvalue weighted by molar-refractivity contribution is 5.72. The highest BCUT2D eigenvalue weighted by Crippen LogP contribution is 2.24. The zero-order chi connectivity index (χ0) is 16.7. The van der Waals surface area contributed by atoms with Gasteiger partial charge in [0.1, 0.15) is 11.3 Å². The summed E-state index contributed by atoms with van der Waals surface area (Å²) in [6.07, 6.45) is 2.93. The van der Waals surface area contributed by atoms with Crippen molar-refractivity contribution in [1.29, 1.82) is 0 Å². The van der Waals surface area contributed by atoms with E-state index in [4.69, 9.17) is 9.40 Å². The van der Waals surface area contributed by atoms with Crippen molar-refractivity contribution in [1.82, 2.24) is 19.9 Å². The van der Waals surface area contributed by atoms with E-state index in [1.165, 1.54) is 11.3 Å². The van der Waals surface area contributed by atoms with Crippen LogP contribution in [0.25, 0.3) is 11.1 Å². The first kappa shape index (κ1) is 15.3. The Morgan fingerprint density at radius 1 is 1.17 bits per heavy atom. The molecule has 0 saturated carbocycles. The number of nitrogens with zero attached hydrogens (tertiary/aromatic N) is 4. The molecule has 0 spiro atoms. The predicted molar refractivity (Wildman–Crippen MR) is 92.6 cm³/mol. The summed E-state index contributed by atoms with van der Waals surface area (Å²) in [5, 5.41) is 0. The van der Waals surface area contributed by atoms with Crippen LogP contribution in [0, 0.1) is 0 Å². The third kappa shape index (κ3) is 2.91. The molecule has 1 aromatic carbocycles. The highest BCUT2D eigenvalue weighted by Gasteiger charge is 2.23. The van der Waals surface area contributed by atoms with Gasteiger partial charge in [-0.15, -0.1) is 0 Å². The van der Waals surface area contributed by atoms with Gasteiger partial charge in [0, 0.05) is 42.4 Å². The molecule has 5 heteroatoms. The SMILES string of the molecule is CC(C)(C)c1ncc2c(n1)CCN(Cc1nc3ccccc3o1)C2. The molecule has 1 aliphatic heterocycles. The quantitative estimate of drug-likeness (QED) is 0.723. The Bertz CT molecular complexity index is 845. The maximum atomic E-state index is 5.84. The largest absolute Gasteiger partial charge is 0.439 e. The van der Waals surface area contributed by atoms with E-state index < -0.39 is 0 Å². The van der Waals surface area contributed by atoms with Crippen molar-refractivity contribution in [3.8, 4) is 0 Å². The van der Waals surface area contributed by atoms with E-state index in [1.807, 2.05) is 30.5 Å². The van der Waals surface area contributed by atoms with Gasteiger partial charge in [-0.1, -0.05) is 32.9 Å². The summed E-state index contributed by atoms with van der Waals surface area (Å²) in [5.74, 6) is 1.69. The number of fused-ring (bicyclic) bond motifs is 2. The minimum absolute atomic E-state index is 0.00956. The molecule has 0 radical (unpaired) electrons. The van der Waals surface area contributed by atoms with Crippen LogP contribution < -0.4 is 0 Å². The molecule has 0 saturated heterocycles. The van der Waals surface area contributed by atoms with E-state index in [2.05, 4.69) is 35.6 Å². The first-order chi connectivity index (χ1) is 11.5. The van der Waals surface area contributed by atoms with E-state index >= 15 is 0 Å². The van der Waals surface area contributed by atoms with Gasteiger partial charge in [0.2, 0.25) is 5.89 Å². The number of oxazole rings is 1. The molecule has 5 nitrogen and oxygen atoms in total. The summed E-state index contributed by atoms with van der Waals surface area (Å²) >= 11 is 0. The van der Waals surface area contributed by atoms with Gasteiger partial charge in [0.05, 0.1) is 6.54 Å². The van der Waals surface area contributed by atoms with Crippen molar-refractivity contribution < 1.29 is 4.42 Å². The molecule has 0 atom stereocenters. The molecule has 3 aromatic rings. The Hall–Kier alpha value is -2.27. The number of benzene rings is 1. The van der Waals surface area contributed by atoms with Crippen molar-refractivity contribution in [2.24, 2.45) is 0 Å². The lowest BCUT2D eigenvalue weighted by molar-refractivity contribution is 0.220. The lowest BCUT2D eigenvalue weighted by atomic mass is 9.95. The molecule has 24 heavy (non-hydrogen) atoms. The number of rotatable bonds is 2. The lowest BCUT2D eigenvalue weighted by Gasteiger charge is -2.28. The van der Waals surface area contributed by atoms with Crippen LogP contribution in [0.1, 0.15) is 43.7 Å². The second kappa shape index (κ2) is 5.67. The molecule has 0 bridgehead atoms. The van der Waals surface area contributed by atoms with Crippen LogP contribution in [0.4, 0.5) is 0 Å². The third-order valence-electron chi connectivity index (χ3n) is 4.38. The summed E-state index contributed by atoms with van der Waals surface area (Å²) in [6, 6.07) is 7.89. The zero-order valence-corrected chi connectivity index (χ0v) is 14.4. The Kier molecular flexibility index (Phi) is 3.61. The molecule has 0 fully saturated rings. The van der Waals surface area contributed by atoms with Crippen molar-refractivity contribution in [3.05, 3.63) is 53.4 Å². The van der Waals surface area contributed by atoms with Crippen LogP contribution in [-0.4, -0.2) is 26.4 Å². The van der Waals surface area contributed by atoms with E-state index in [0.29, 0.717) is 0 Å². The average molecular weight is 322 g/mol. The van der Waals surface area contributed by atoms with Crippen LogP contribution in [0.3, 0.4) is 0 Å². The number of hydrogen-bond donors (Lipinski definition) is 0. The van der Waals surface area contributed by atoms with Crippen molar-refractivity contribution in [3.63, 3.8) is 0 Å². The van der Waals surface area contributed by atoms with Gasteiger partial charge in [-0.25, -0.2) is 15.0 Å². The topological polar surface area (TPSA) is 55.1 Å². The summed E-state index contributed by atoms with van der Waals surface area (Å²) in [7, 11) is 0. The van der Waals surface area contributed by atoms with Crippen LogP contribution in [0.2, 0.25) is 0 Å². The average Bonchev–Trinajstić information content (AvgIpc) is 2.95. The molecule has 1 aliphatic rings. The van der Waals surface area contributed by atoms with E-state index in [1.54, 1.807) is 0 Å². The number of hydrogen-bond acceptors (Lipinski definition) is 5. The maximum Gasteiger partial charge on any atom is 0.209 e. The van der Waals surface area contributed by atoms with Crippen LogP contribution in [0.15, 0.2) is 34.9 Å². The number of aromatic nitrogens is 3. The maximum absolute atomic E-state index is 5.84. The fourth-order valence-electron chi connectivity index (χ4n) is 3.05. The van der Waals surface area contributed by atoms with Gasteiger partial charge in [-0.2, -0.15) is 0 Å². The lowest BCUT2D eigenvalue weighted by Crippen LogP contribution is -2.32.